The summed E-state index contributed by atoms with van der Waals surface area (Å²) in [5.41, 5.74) is 4.60. The molecule has 1 aromatic carbocycles. The Morgan fingerprint density at radius 1 is 1.25 bits per heavy atom. The van der Waals surface area contributed by atoms with Crippen LogP contribution in [-0.4, -0.2) is 19.1 Å². The topological polar surface area (TPSA) is 76.5 Å². The molecule has 162 valence electrons. The van der Waals surface area contributed by atoms with E-state index in [1.165, 1.54) is 27.8 Å². The molecule has 0 saturated heterocycles. The highest BCUT2D eigenvalue weighted by Crippen LogP contribution is 2.34. The second kappa shape index (κ2) is 8.57. The zero-order valence-corrected chi connectivity index (χ0v) is 19.7. The zero-order valence-electron chi connectivity index (χ0n) is 18.1. The van der Waals surface area contributed by atoms with Gasteiger partial charge in [-0.25, -0.2) is 9.97 Å². The van der Waals surface area contributed by atoms with Crippen molar-refractivity contribution in [2.75, 3.05) is 0 Å². The van der Waals surface area contributed by atoms with Gasteiger partial charge in [-0.05, 0) is 62.3 Å². The predicted octanol–water partition coefficient (Wildman–Crippen LogP) is 4.96. The normalized spacial score (nSPS) is 13.3. The summed E-state index contributed by atoms with van der Waals surface area (Å²) in [6, 6.07) is 8.37. The van der Waals surface area contributed by atoms with E-state index in [0.29, 0.717) is 11.6 Å². The molecule has 3 aromatic heterocycles. The van der Waals surface area contributed by atoms with Crippen molar-refractivity contribution < 1.29 is 0 Å². The van der Waals surface area contributed by atoms with Crippen molar-refractivity contribution in [2.24, 2.45) is 0 Å². The summed E-state index contributed by atoms with van der Waals surface area (Å²) >= 11 is 3.18. The van der Waals surface area contributed by atoms with Gasteiger partial charge in [0.15, 0.2) is 5.16 Å². The van der Waals surface area contributed by atoms with Gasteiger partial charge >= 0.3 is 0 Å². The van der Waals surface area contributed by atoms with E-state index in [-0.39, 0.29) is 12.1 Å². The van der Waals surface area contributed by atoms with E-state index in [1.54, 1.807) is 22.1 Å². The molecule has 0 aliphatic heterocycles. The molecule has 0 N–H and O–H groups in total. The fourth-order valence-electron chi connectivity index (χ4n) is 4.33. The maximum Gasteiger partial charge on any atom is 0.263 e. The molecule has 32 heavy (non-hydrogen) atoms. The molecule has 0 atom stereocenters. The summed E-state index contributed by atoms with van der Waals surface area (Å²) < 4.78 is 3.62. The van der Waals surface area contributed by atoms with Gasteiger partial charge in [-0.1, -0.05) is 23.9 Å². The first-order valence-corrected chi connectivity index (χ1v) is 12.5. The Balaban J connectivity index is 1.53. The van der Waals surface area contributed by atoms with Gasteiger partial charge in [-0.15, -0.1) is 11.3 Å². The van der Waals surface area contributed by atoms with Crippen LogP contribution in [0.25, 0.3) is 15.9 Å². The zero-order chi connectivity index (χ0) is 22.2. The van der Waals surface area contributed by atoms with Crippen molar-refractivity contribution in [3.8, 4) is 11.8 Å². The number of nitrogens with zero attached hydrogens (tertiary/aromatic N) is 5. The summed E-state index contributed by atoms with van der Waals surface area (Å²) in [5, 5.41) is 10.9. The van der Waals surface area contributed by atoms with Crippen molar-refractivity contribution in [1.82, 2.24) is 19.1 Å². The molecular weight excluding hydrogens is 438 g/mol. The quantitative estimate of drug-likeness (QED) is 0.393. The lowest BCUT2D eigenvalue weighted by molar-refractivity contribution is 0.696. The summed E-state index contributed by atoms with van der Waals surface area (Å²) in [4.78, 5) is 24.9. The van der Waals surface area contributed by atoms with Gasteiger partial charge in [0.05, 0.1) is 22.9 Å². The van der Waals surface area contributed by atoms with E-state index in [9.17, 15) is 10.1 Å². The SMILES string of the molecule is Cc1cccc(-n2ccnc2SCc2nc3sc4c(c3c(=O)n2CC#N)CCCC4)c1C. The van der Waals surface area contributed by atoms with Crippen molar-refractivity contribution in [2.45, 2.75) is 57.0 Å². The maximum absolute atomic E-state index is 13.4. The van der Waals surface area contributed by atoms with Crippen LogP contribution in [0.1, 0.15) is 40.2 Å². The van der Waals surface area contributed by atoms with E-state index in [4.69, 9.17) is 4.98 Å². The van der Waals surface area contributed by atoms with Gasteiger partial charge in [0.1, 0.15) is 17.2 Å². The smallest absolute Gasteiger partial charge is 0.263 e. The monoisotopic (exact) mass is 461 g/mol. The Morgan fingerprint density at radius 3 is 2.94 bits per heavy atom. The van der Waals surface area contributed by atoms with Crippen LogP contribution in [-0.2, 0) is 25.1 Å². The van der Waals surface area contributed by atoms with E-state index in [1.807, 2.05) is 12.3 Å². The molecule has 0 saturated carbocycles. The summed E-state index contributed by atoms with van der Waals surface area (Å²) in [7, 11) is 0. The van der Waals surface area contributed by atoms with Crippen molar-refractivity contribution >= 4 is 33.3 Å². The number of benzene rings is 1. The third-order valence-electron chi connectivity index (χ3n) is 6.16. The Hall–Kier alpha value is -2.89. The molecule has 8 heteroatoms. The molecular formula is C24H23N5OS2. The van der Waals surface area contributed by atoms with Gasteiger partial charge in [0.2, 0.25) is 0 Å². The second-order valence-corrected chi connectivity index (χ2v) is 10.1. The second-order valence-electron chi connectivity index (χ2n) is 8.06. The highest BCUT2D eigenvalue weighted by molar-refractivity contribution is 7.98. The number of imidazole rings is 1. The Bertz CT molecular complexity index is 1420. The molecule has 0 unspecified atom stereocenters. The van der Waals surface area contributed by atoms with E-state index in [2.05, 4.69) is 41.6 Å². The lowest BCUT2D eigenvalue weighted by Gasteiger charge is -2.13. The Kier molecular flexibility index (Phi) is 5.62. The standard InChI is InChI=1S/C24H23N5OS2/c1-15-6-5-8-18(16(15)2)28-13-11-26-24(28)31-14-20-27-22-21(23(30)29(20)12-10-25)17-7-3-4-9-19(17)32-22/h5-6,8,11,13H,3-4,7,9,12,14H2,1-2H3. The largest absolute Gasteiger partial charge is 0.295 e. The highest BCUT2D eigenvalue weighted by atomic mass is 32.2. The molecule has 5 rings (SSSR count). The van der Waals surface area contributed by atoms with Crippen LogP contribution in [0, 0.1) is 25.2 Å². The number of aryl methyl sites for hydroxylation is 3. The first kappa shape index (κ1) is 21.0. The van der Waals surface area contributed by atoms with Gasteiger partial charge in [0, 0.05) is 17.3 Å². The van der Waals surface area contributed by atoms with Crippen LogP contribution < -0.4 is 5.56 Å². The average Bonchev–Trinajstić information content (AvgIpc) is 3.40. The first-order valence-electron chi connectivity index (χ1n) is 10.7. The molecule has 0 fully saturated rings. The number of thiophene rings is 1. The molecule has 6 nitrogen and oxygen atoms in total. The molecule has 4 aromatic rings. The number of aromatic nitrogens is 4. The van der Waals surface area contributed by atoms with Gasteiger partial charge in [0.25, 0.3) is 5.56 Å². The molecule has 1 aliphatic rings. The van der Waals surface area contributed by atoms with Crippen LogP contribution in [0.15, 0.2) is 40.5 Å². The molecule has 0 amide bonds. The highest BCUT2D eigenvalue weighted by Gasteiger charge is 2.22. The van der Waals surface area contributed by atoms with Gasteiger partial charge in [-0.3, -0.25) is 13.9 Å². The van der Waals surface area contributed by atoms with Crippen molar-refractivity contribution in [3.63, 3.8) is 0 Å². The van der Waals surface area contributed by atoms with Gasteiger partial charge < -0.3 is 0 Å². The predicted molar refractivity (Wildman–Crippen MR) is 129 cm³/mol. The average molecular weight is 462 g/mol. The number of hydrogen-bond donors (Lipinski definition) is 0. The number of rotatable bonds is 5. The molecule has 3 heterocycles. The minimum atomic E-state index is -0.0792. The number of thioether (sulfide) groups is 1. The summed E-state index contributed by atoms with van der Waals surface area (Å²) in [6.07, 6.45) is 7.96. The van der Waals surface area contributed by atoms with Crippen LogP contribution in [0.2, 0.25) is 0 Å². The van der Waals surface area contributed by atoms with Crippen molar-refractivity contribution in [1.29, 1.82) is 5.26 Å². The molecule has 0 radical (unpaired) electrons. The minimum Gasteiger partial charge on any atom is -0.295 e. The maximum atomic E-state index is 13.4. The van der Waals surface area contributed by atoms with Gasteiger partial charge in [-0.2, -0.15) is 5.26 Å². The van der Waals surface area contributed by atoms with E-state index < -0.39 is 0 Å². The van der Waals surface area contributed by atoms with Crippen molar-refractivity contribution in [3.05, 3.63) is 68.3 Å². The molecule has 0 spiro atoms. The van der Waals surface area contributed by atoms with E-state index >= 15 is 0 Å². The lowest BCUT2D eigenvalue weighted by Crippen LogP contribution is -2.25. The summed E-state index contributed by atoms with van der Waals surface area (Å²) in [5.74, 6) is 1.10. The third kappa shape index (κ3) is 3.55. The first-order chi connectivity index (χ1) is 15.6. The van der Waals surface area contributed by atoms with Crippen LogP contribution in [0.5, 0.6) is 0 Å². The number of fused-ring (bicyclic) bond motifs is 3. The minimum absolute atomic E-state index is 0.00765. The van der Waals surface area contributed by atoms with Crippen LogP contribution in [0.3, 0.4) is 0 Å². The third-order valence-corrected chi connectivity index (χ3v) is 8.30. The van der Waals surface area contributed by atoms with Crippen LogP contribution in [0.4, 0.5) is 0 Å². The number of nitriles is 1. The van der Waals surface area contributed by atoms with Crippen LogP contribution >= 0.6 is 23.1 Å². The lowest BCUT2D eigenvalue weighted by atomic mass is 9.97. The number of hydrogen-bond acceptors (Lipinski definition) is 6. The molecule has 1 aliphatic carbocycles. The summed E-state index contributed by atoms with van der Waals surface area (Å²) in [6.45, 7) is 4.22. The fourth-order valence-corrected chi connectivity index (χ4v) is 6.51. The Labute approximate surface area is 194 Å². The van der Waals surface area contributed by atoms with E-state index in [0.717, 1.165) is 52.3 Å². The Morgan fingerprint density at radius 2 is 2.09 bits per heavy atom. The fraction of sp³-hybridized carbons (Fsp3) is 0.333. The molecule has 0 bridgehead atoms.